The number of carbonyl (C=O) groups excluding carboxylic acids is 1. The molecule has 1 heterocycles. The minimum absolute atomic E-state index is 0.290. The van der Waals surface area contributed by atoms with E-state index in [1.54, 1.807) is 6.33 Å². The van der Waals surface area contributed by atoms with Crippen molar-refractivity contribution in [3.8, 4) is 0 Å². The van der Waals surface area contributed by atoms with Crippen molar-refractivity contribution in [2.75, 3.05) is 0 Å². The van der Waals surface area contributed by atoms with E-state index < -0.39 is 0 Å². The summed E-state index contributed by atoms with van der Waals surface area (Å²) >= 11 is 0. The van der Waals surface area contributed by atoms with E-state index in [1.807, 2.05) is 6.20 Å². The van der Waals surface area contributed by atoms with Crippen molar-refractivity contribution in [3.05, 3.63) is 18.2 Å². The summed E-state index contributed by atoms with van der Waals surface area (Å²) in [7, 11) is 0. The smallest absolute Gasteiger partial charge is 0.136 e. The van der Waals surface area contributed by atoms with Crippen LogP contribution in [-0.4, -0.2) is 22.3 Å². The highest BCUT2D eigenvalue weighted by atomic mass is 16.1. The summed E-state index contributed by atoms with van der Waals surface area (Å²) in [5.41, 5.74) is 6.58. The molecule has 1 aromatic rings. The van der Waals surface area contributed by atoms with Crippen LogP contribution in [0.1, 0.15) is 25.0 Å². The highest BCUT2D eigenvalue weighted by Crippen LogP contribution is 2.03. The standard InChI is InChI=1S/C9H15N3O/c10-8(6-13)3-1-2-4-9-5-11-7-12-9/h5-8H,1-4,10H2,(H,11,12). The summed E-state index contributed by atoms with van der Waals surface area (Å²) in [6, 6.07) is -0.290. The Balaban J connectivity index is 2.05. The van der Waals surface area contributed by atoms with E-state index in [-0.39, 0.29) is 6.04 Å². The molecule has 0 aliphatic carbocycles. The summed E-state index contributed by atoms with van der Waals surface area (Å²) < 4.78 is 0. The minimum atomic E-state index is -0.290. The predicted molar refractivity (Wildman–Crippen MR) is 50.2 cm³/mol. The van der Waals surface area contributed by atoms with Gasteiger partial charge in [0.25, 0.3) is 0 Å². The Morgan fingerprint density at radius 2 is 2.46 bits per heavy atom. The fourth-order valence-electron chi connectivity index (χ4n) is 1.18. The molecular weight excluding hydrogens is 166 g/mol. The van der Waals surface area contributed by atoms with Crippen LogP contribution in [0, 0.1) is 0 Å². The lowest BCUT2D eigenvalue weighted by atomic mass is 10.1. The van der Waals surface area contributed by atoms with Gasteiger partial charge >= 0.3 is 0 Å². The second kappa shape index (κ2) is 5.48. The molecule has 1 aromatic heterocycles. The fraction of sp³-hybridized carbons (Fsp3) is 0.556. The van der Waals surface area contributed by atoms with Crippen LogP contribution in [0.15, 0.2) is 12.5 Å². The van der Waals surface area contributed by atoms with Crippen molar-refractivity contribution in [2.24, 2.45) is 5.73 Å². The van der Waals surface area contributed by atoms with Gasteiger partial charge in [-0.15, -0.1) is 0 Å². The van der Waals surface area contributed by atoms with Crippen LogP contribution in [0.3, 0.4) is 0 Å². The largest absolute Gasteiger partial charge is 0.348 e. The zero-order valence-corrected chi connectivity index (χ0v) is 7.57. The number of hydrogen-bond acceptors (Lipinski definition) is 3. The molecule has 72 valence electrons. The van der Waals surface area contributed by atoms with Gasteiger partial charge in [0.05, 0.1) is 12.4 Å². The number of aldehydes is 1. The number of nitrogens with zero attached hydrogens (tertiary/aromatic N) is 1. The van der Waals surface area contributed by atoms with Crippen molar-refractivity contribution in [1.82, 2.24) is 9.97 Å². The molecule has 0 spiro atoms. The first-order valence-corrected chi connectivity index (χ1v) is 4.51. The maximum Gasteiger partial charge on any atom is 0.136 e. The molecule has 0 bridgehead atoms. The Morgan fingerprint density at radius 3 is 3.08 bits per heavy atom. The number of imidazole rings is 1. The van der Waals surface area contributed by atoms with Gasteiger partial charge in [0.15, 0.2) is 0 Å². The number of rotatable bonds is 6. The third kappa shape index (κ3) is 3.85. The topological polar surface area (TPSA) is 71.8 Å². The number of unbranched alkanes of at least 4 members (excludes halogenated alkanes) is 1. The molecule has 0 fully saturated rings. The van der Waals surface area contributed by atoms with E-state index in [1.165, 1.54) is 0 Å². The number of aromatic amines is 1. The van der Waals surface area contributed by atoms with Crippen LogP contribution in [-0.2, 0) is 11.2 Å². The zero-order chi connectivity index (χ0) is 9.52. The molecular formula is C9H15N3O. The van der Waals surface area contributed by atoms with Crippen molar-refractivity contribution >= 4 is 6.29 Å². The highest BCUT2D eigenvalue weighted by molar-refractivity contribution is 5.56. The van der Waals surface area contributed by atoms with Gasteiger partial charge in [-0.2, -0.15) is 0 Å². The van der Waals surface area contributed by atoms with E-state index in [9.17, 15) is 4.79 Å². The molecule has 0 aliphatic heterocycles. The second-order valence-electron chi connectivity index (χ2n) is 3.12. The minimum Gasteiger partial charge on any atom is -0.348 e. The number of nitrogens with two attached hydrogens (primary N) is 1. The second-order valence-corrected chi connectivity index (χ2v) is 3.12. The lowest BCUT2D eigenvalue weighted by Crippen LogP contribution is -2.20. The number of nitrogens with one attached hydrogen (secondary N) is 1. The Morgan fingerprint density at radius 1 is 1.62 bits per heavy atom. The Hall–Kier alpha value is -1.16. The molecule has 4 heteroatoms. The van der Waals surface area contributed by atoms with Gasteiger partial charge in [0.2, 0.25) is 0 Å². The Kier molecular flexibility index (Phi) is 4.18. The molecule has 13 heavy (non-hydrogen) atoms. The maximum absolute atomic E-state index is 10.2. The van der Waals surface area contributed by atoms with Gasteiger partial charge < -0.3 is 15.5 Å². The molecule has 1 rings (SSSR count). The molecule has 0 saturated heterocycles. The van der Waals surface area contributed by atoms with Gasteiger partial charge in [-0.3, -0.25) is 0 Å². The van der Waals surface area contributed by atoms with Gasteiger partial charge in [0, 0.05) is 11.9 Å². The molecule has 0 amide bonds. The number of H-pyrrole nitrogens is 1. The van der Waals surface area contributed by atoms with Gasteiger partial charge in [-0.05, 0) is 19.3 Å². The van der Waals surface area contributed by atoms with Crippen LogP contribution in [0.5, 0.6) is 0 Å². The summed E-state index contributed by atoms with van der Waals surface area (Å²) in [5.74, 6) is 0. The third-order valence-electron chi connectivity index (χ3n) is 1.96. The van der Waals surface area contributed by atoms with Crippen LogP contribution < -0.4 is 5.73 Å². The average Bonchev–Trinajstić information content (AvgIpc) is 2.64. The van der Waals surface area contributed by atoms with Gasteiger partial charge in [-0.1, -0.05) is 6.42 Å². The van der Waals surface area contributed by atoms with Gasteiger partial charge in [0.1, 0.15) is 6.29 Å². The van der Waals surface area contributed by atoms with Crippen LogP contribution >= 0.6 is 0 Å². The normalized spacial score (nSPS) is 12.7. The molecule has 0 radical (unpaired) electrons. The Bertz CT molecular complexity index is 233. The van der Waals surface area contributed by atoms with Crippen molar-refractivity contribution in [1.29, 1.82) is 0 Å². The first-order valence-electron chi connectivity index (χ1n) is 4.51. The van der Waals surface area contributed by atoms with Crippen LogP contribution in [0.4, 0.5) is 0 Å². The van der Waals surface area contributed by atoms with Crippen LogP contribution in [0.25, 0.3) is 0 Å². The predicted octanol–water partition coefficient (Wildman–Crippen LogP) is 0.649. The molecule has 1 atom stereocenters. The zero-order valence-electron chi connectivity index (χ0n) is 7.57. The molecule has 3 N–H and O–H groups in total. The summed E-state index contributed by atoms with van der Waals surface area (Å²) in [4.78, 5) is 17.1. The summed E-state index contributed by atoms with van der Waals surface area (Å²) in [6.07, 6.45) is 8.08. The first-order chi connectivity index (χ1) is 6.33. The molecule has 0 aromatic carbocycles. The Labute approximate surface area is 77.6 Å². The quantitative estimate of drug-likeness (QED) is 0.500. The SMILES string of the molecule is NC(C=O)CCCCc1cnc[nH]1. The van der Waals surface area contributed by atoms with Crippen molar-refractivity contribution in [3.63, 3.8) is 0 Å². The van der Waals surface area contributed by atoms with Crippen LogP contribution in [0.2, 0.25) is 0 Å². The lowest BCUT2D eigenvalue weighted by molar-refractivity contribution is -0.109. The van der Waals surface area contributed by atoms with E-state index in [0.717, 1.165) is 37.7 Å². The number of aryl methyl sites for hydroxylation is 1. The lowest BCUT2D eigenvalue weighted by Gasteiger charge is -2.01. The van der Waals surface area contributed by atoms with E-state index >= 15 is 0 Å². The van der Waals surface area contributed by atoms with E-state index in [2.05, 4.69) is 9.97 Å². The van der Waals surface area contributed by atoms with E-state index in [4.69, 9.17) is 5.73 Å². The molecule has 4 nitrogen and oxygen atoms in total. The molecule has 0 aliphatic rings. The summed E-state index contributed by atoms with van der Waals surface area (Å²) in [5, 5.41) is 0. The van der Waals surface area contributed by atoms with Crippen molar-refractivity contribution < 1.29 is 4.79 Å². The monoisotopic (exact) mass is 181 g/mol. The molecule has 0 saturated carbocycles. The molecule has 1 unspecified atom stereocenters. The maximum atomic E-state index is 10.2. The highest BCUT2D eigenvalue weighted by Gasteiger charge is 1.99. The average molecular weight is 181 g/mol. The first kappa shape index (κ1) is 9.92. The van der Waals surface area contributed by atoms with Gasteiger partial charge in [-0.25, -0.2) is 4.98 Å². The van der Waals surface area contributed by atoms with Crippen molar-refractivity contribution in [2.45, 2.75) is 31.7 Å². The third-order valence-corrected chi connectivity index (χ3v) is 1.96. The number of aromatic nitrogens is 2. The van der Waals surface area contributed by atoms with E-state index in [0.29, 0.717) is 0 Å². The summed E-state index contributed by atoms with van der Waals surface area (Å²) in [6.45, 7) is 0. The fourth-order valence-corrected chi connectivity index (χ4v) is 1.18. The number of carbonyl (C=O) groups is 1. The number of hydrogen-bond donors (Lipinski definition) is 2.